The minimum Gasteiger partial charge on any atom is -0.394 e. The van der Waals surface area contributed by atoms with E-state index in [1.165, 1.54) is 0 Å². The molecule has 208 valence electrons. The molecule has 4 heterocycles. The van der Waals surface area contributed by atoms with Crippen molar-refractivity contribution in [2.45, 2.75) is 35.4 Å². The molecule has 6 atom stereocenters. The Morgan fingerprint density at radius 1 is 1.00 bits per heavy atom. The third-order valence-electron chi connectivity index (χ3n) is 8.50. The molecule has 3 amide bonds. The number of hydrogen-bond donors (Lipinski definition) is 1. The number of benzene rings is 2. The summed E-state index contributed by atoms with van der Waals surface area (Å²) in [5.41, 5.74) is 1.42. The van der Waals surface area contributed by atoms with Crippen molar-refractivity contribution in [3.63, 3.8) is 0 Å². The number of fused-ring (bicyclic) bond motifs is 2. The number of halogens is 1. The predicted octanol–water partition coefficient (Wildman–Crippen LogP) is 4.08. The summed E-state index contributed by atoms with van der Waals surface area (Å²) < 4.78 is -0.956. The van der Waals surface area contributed by atoms with Gasteiger partial charge in [-0.3, -0.25) is 14.4 Å². The lowest BCUT2D eigenvalue weighted by atomic mass is 9.78. The quantitative estimate of drug-likeness (QED) is 0.523. The van der Waals surface area contributed by atoms with Gasteiger partial charge in [0, 0.05) is 35.6 Å². The highest BCUT2D eigenvalue weighted by atomic mass is 35.5. The summed E-state index contributed by atoms with van der Waals surface area (Å²) in [6.07, 6.45) is 8.83. The van der Waals surface area contributed by atoms with Crippen molar-refractivity contribution in [2.75, 3.05) is 31.1 Å². The van der Waals surface area contributed by atoms with E-state index >= 15 is 0 Å². The van der Waals surface area contributed by atoms with Gasteiger partial charge in [0.15, 0.2) is 0 Å². The Morgan fingerprint density at radius 3 is 2.45 bits per heavy atom. The average Bonchev–Trinajstić information content (AvgIpc) is 3.28. The van der Waals surface area contributed by atoms with Gasteiger partial charge in [-0.2, -0.15) is 0 Å². The molecule has 0 aromatic heterocycles. The molecule has 4 aliphatic rings. The smallest absolute Gasteiger partial charge is 0.251 e. The number of amides is 3. The second-order valence-electron chi connectivity index (χ2n) is 10.7. The van der Waals surface area contributed by atoms with Crippen LogP contribution in [0.2, 0.25) is 5.02 Å². The number of aliphatic hydroxyl groups excluding tert-OH is 1. The van der Waals surface area contributed by atoms with Crippen LogP contribution in [0.1, 0.15) is 24.9 Å². The molecule has 2 fully saturated rings. The zero-order chi connectivity index (χ0) is 28.0. The molecule has 0 radical (unpaired) electrons. The highest BCUT2D eigenvalue weighted by Crippen LogP contribution is 2.62. The van der Waals surface area contributed by atoms with Gasteiger partial charge in [-0.15, -0.1) is 11.8 Å². The summed E-state index contributed by atoms with van der Waals surface area (Å²) in [4.78, 5) is 48.3. The second kappa shape index (κ2) is 10.7. The average molecular weight is 578 g/mol. The molecule has 2 aromatic rings. The number of nitrogens with zero attached hydrogens (tertiary/aromatic N) is 3. The summed E-state index contributed by atoms with van der Waals surface area (Å²) in [6, 6.07) is 14.8. The monoisotopic (exact) mass is 577 g/mol. The van der Waals surface area contributed by atoms with E-state index in [-0.39, 0.29) is 29.6 Å². The van der Waals surface area contributed by atoms with Crippen LogP contribution >= 0.6 is 23.4 Å². The van der Waals surface area contributed by atoms with E-state index in [2.05, 4.69) is 0 Å². The van der Waals surface area contributed by atoms with E-state index in [9.17, 15) is 19.5 Å². The molecule has 2 aromatic carbocycles. The molecule has 1 N–H and O–H groups in total. The van der Waals surface area contributed by atoms with Crippen molar-refractivity contribution in [2.24, 2.45) is 11.8 Å². The fraction of sp³-hybridized carbons (Fsp3) is 0.387. The summed E-state index contributed by atoms with van der Waals surface area (Å²) in [6.45, 7) is 3.14. The summed E-state index contributed by atoms with van der Waals surface area (Å²) >= 11 is 7.69. The van der Waals surface area contributed by atoms with E-state index in [1.54, 1.807) is 45.8 Å². The second-order valence-corrected chi connectivity index (χ2v) is 12.7. The molecule has 2 saturated heterocycles. The van der Waals surface area contributed by atoms with Crippen LogP contribution in [0.25, 0.3) is 0 Å². The Morgan fingerprint density at radius 2 is 1.75 bits per heavy atom. The van der Waals surface area contributed by atoms with Gasteiger partial charge in [0.2, 0.25) is 11.8 Å². The molecule has 4 aliphatic heterocycles. The Kier molecular flexibility index (Phi) is 7.27. The highest BCUT2D eigenvalue weighted by Gasteiger charge is 2.71. The van der Waals surface area contributed by atoms with Crippen molar-refractivity contribution < 1.29 is 19.5 Å². The van der Waals surface area contributed by atoms with Crippen LogP contribution < -0.4 is 4.90 Å². The number of anilines is 1. The Bertz CT molecular complexity index is 1370. The van der Waals surface area contributed by atoms with Crippen LogP contribution in [-0.4, -0.2) is 74.9 Å². The van der Waals surface area contributed by atoms with Crippen LogP contribution in [-0.2, 0) is 14.4 Å². The zero-order valence-electron chi connectivity index (χ0n) is 22.2. The summed E-state index contributed by atoms with van der Waals surface area (Å²) in [5, 5.41) is 11.0. The molecule has 1 spiro atoms. The molecule has 7 nitrogen and oxygen atoms in total. The SMILES string of the molecule is CCCN1CC=C[C@@H]2S[C@]34C=CCN(c5ccc(Cl)cc5)C(=O)C3N([C@H](CO)c3ccccc3)C(=O)[C@@H]4[C@@H]2C1=O. The number of thioether (sulfide) groups is 1. The number of aliphatic hydroxyl groups is 1. The number of likely N-dealkylation sites (tertiary alicyclic amines) is 1. The topological polar surface area (TPSA) is 81.2 Å². The van der Waals surface area contributed by atoms with E-state index in [0.717, 1.165) is 12.0 Å². The minimum absolute atomic E-state index is 0.0416. The Hall–Kier alpha value is -3.07. The summed E-state index contributed by atoms with van der Waals surface area (Å²) in [7, 11) is 0. The van der Waals surface area contributed by atoms with Crippen LogP contribution in [0.5, 0.6) is 0 Å². The van der Waals surface area contributed by atoms with E-state index < -0.39 is 28.7 Å². The van der Waals surface area contributed by atoms with E-state index in [0.29, 0.717) is 30.3 Å². The fourth-order valence-electron chi connectivity index (χ4n) is 6.82. The molecule has 1 unspecified atom stereocenters. The van der Waals surface area contributed by atoms with Crippen molar-refractivity contribution in [1.29, 1.82) is 0 Å². The molecular weight excluding hydrogens is 546 g/mol. The molecule has 40 heavy (non-hydrogen) atoms. The lowest BCUT2D eigenvalue weighted by molar-refractivity contribution is -0.144. The lowest BCUT2D eigenvalue weighted by Crippen LogP contribution is -2.54. The zero-order valence-corrected chi connectivity index (χ0v) is 23.8. The normalized spacial score (nSPS) is 30.2. The third-order valence-corrected chi connectivity index (χ3v) is 10.5. The maximum atomic E-state index is 14.6. The van der Waals surface area contributed by atoms with Crippen LogP contribution in [0.4, 0.5) is 5.69 Å². The van der Waals surface area contributed by atoms with Gasteiger partial charge in [0.25, 0.3) is 5.91 Å². The van der Waals surface area contributed by atoms with Gasteiger partial charge >= 0.3 is 0 Å². The van der Waals surface area contributed by atoms with Crippen molar-refractivity contribution in [3.05, 3.63) is 89.5 Å². The molecule has 0 saturated carbocycles. The number of rotatable bonds is 6. The lowest BCUT2D eigenvalue weighted by Gasteiger charge is -2.38. The molecular formula is C31H32ClN3O4S. The standard InChI is InChI=1S/C31H32ClN3O4S/c1-2-16-33-17-6-10-24-25(28(33)37)26-29(38)35(23(19-36)20-8-4-3-5-9-20)27-30(39)34(18-7-15-31(26,27)40-24)22-13-11-21(32)12-14-22/h3-15,23-27,36H,2,16-19H2,1H3/t23-,24+,25-,26+,27?,31+/m1/s1. The van der Waals surface area contributed by atoms with Crippen LogP contribution in [0.15, 0.2) is 78.9 Å². The first-order chi connectivity index (χ1) is 19.4. The van der Waals surface area contributed by atoms with Crippen molar-refractivity contribution in [3.8, 4) is 0 Å². The van der Waals surface area contributed by atoms with Gasteiger partial charge in [-0.25, -0.2) is 0 Å². The predicted molar refractivity (Wildman–Crippen MR) is 157 cm³/mol. The van der Waals surface area contributed by atoms with Crippen molar-refractivity contribution >= 4 is 46.8 Å². The first-order valence-electron chi connectivity index (χ1n) is 13.8. The number of hydrogen-bond acceptors (Lipinski definition) is 5. The Balaban J connectivity index is 1.50. The highest BCUT2D eigenvalue weighted by molar-refractivity contribution is 8.02. The van der Waals surface area contributed by atoms with Gasteiger partial charge < -0.3 is 19.8 Å². The van der Waals surface area contributed by atoms with Crippen molar-refractivity contribution in [1.82, 2.24) is 9.80 Å². The van der Waals surface area contributed by atoms with Gasteiger partial charge in [-0.1, -0.05) is 73.2 Å². The first kappa shape index (κ1) is 27.1. The molecule has 0 bridgehead atoms. The van der Waals surface area contributed by atoms with Crippen LogP contribution in [0, 0.1) is 11.8 Å². The fourth-order valence-corrected chi connectivity index (χ4v) is 8.94. The van der Waals surface area contributed by atoms with E-state index in [1.807, 2.05) is 66.5 Å². The first-order valence-corrected chi connectivity index (χ1v) is 15.0. The maximum absolute atomic E-state index is 14.6. The number of carbonyl (C=O) groups excluding carboxylic acids is 3. The molecule has 9 heteroatoms. The minimum atomic E-state index is -0.956. The largest absolute Gasteiger partial charge is 0.394 e. The third kappa shape index (κ3) is 4.19. The van der Waals surface area contributed by atoms with Gasteiger partial charge in [0.05, 0.1) is 29.2 Å². The van der Waals surface area contributed by atoms with Gasteiger partial charge in [0.1, 0.15) is 6.04 Å². The number of carbonyl (C=O) groups is 3. The van der Waals surface area contributed by atoms with E-state index in [4.69, 9.17) is 11.6 Å². The summed E-state index contributed by atoms with van der Waals surface area (Å²) in [5.74, 6) is -1.86. The van der Waals surface area contributed by atoms with Crippen LogP contribution in [0.3, 0.4) is 0 Å². The molecule has 0 aliphatic carbocycles. The maximum Gasteiger partial charge on any atom is 0.251 e. The van der Waals surface area contributed by atoms with Gasteiger partial charge in [-0.05, 0) is 36.2 Å². The molecule has 6 rings (SSSR count). The Labute approximate surface area is 243 Å².